The summed E-state index contributed by atoms with van der Waals surface area (Å²) < 4.78 is 4.62. The Hall–Kier alpha value is -2.69. The summed E-state index contributed by atoms with van der Waals surface area (Å²) in [5.74, 6) is -1.23. The number of esters is 1. The summed E-state index contributed by atoms with van der Waals surface area (Å²) in [5.41, 5.74) is 0.732. The number of ether oxygens (including phenoxy) is 1. The van der Waals surface area contributed by atoms with Crippen molar-refractivity contribution in [2.75, 3.05) is 6.61 Å². The molecule has 0 saturated heterocycles. The van der Waals surface area contributed by atoms with Gasteiger partial charge in [-0.05, 0) is 18.6 Å². The third kappa shape index (κ3) is 5.77. The highest BCUT2D eigenvalue weighted by atomic mass is 16.5. The molecule has 0 spiro atoms. The van der Waals surface area contributed by atoms with E-state index >= 15 is 0 Å². The number of hydrogen-bond acceptors (Lipinski definition) is 4. The number of benzene rings is 1. The Bertz CT molecular complexity index is 532. The second kappa shape index (κ2) is 8.42. The Morgan fingerprint density at radius 2 is 1.95 bits per heavy atom. The quantitative estimate of drug-likeness (QED) is 0.627. The Morgan fingerprint density at radius 3 is 2.55 bits per heavy atom. The van der Waals surface area contributed by atoms with Crippen LogP contribution in [-0.2, 0) is 19.1 Å². The van der Waals surface area contributed by atoms with Crippen molar-refractivity contribution in [3.63, 3.8) is 0 Å². The molecule has 0 unspecified atom stereocenters. The van der Waals surface area contributed by atoms with Gasteiger partial charge in [0.2, 0.25) is 5.91 Å². The van der Waals surface area contributed by atoms with Crippen LogP contribution in [0.1, 0.15) is 12.5 Å². The molecule has 1 N–H and O–H groups in total. The minimum absolute atomic E-state index is 0.0188. The molecule has 1 aromatic carbocycles. The van der Waals surface area contributed by atoms with Gasteiger partial charge in [-0.2, -0.15) is 0 Å². The molecule has 0 heterocycles. The first-order valence-electron chi connectivity index (χ1n) is 5.96. The third-order valence-electron chi connectivity index (χ3n) is 2.14. The molecule has 0 aromatic heterocycles. The summed E-state index contributed by atoms with van der Waals surface area (Å²) in [6, 6.07) is 8.99. The van der Waals surface area contributed by atoms with Gasteiger partial charge in [0.05, 0.1) is 12.3 Å². The average Bonchev–Trinajstić information content (AvgIpc) is 2.46. The monoisotopic (exact) mass is 272 g/mol. The van der Waals surface area contributed by atoms with Crippen LogP contribution in [0, 0.1) is 0 Å². The molecule has 5 nitrogen and oxygen atoms in total. The van der Waals surface area contributed by atoms with Gasteiger partial charge in [-0.3, -0.25) is 9.59 Å². The van der Waals surface area contributed by atoms with Crippen molar-refractivity contribution in [1.82, 2.24) is 5.32 Å². The van der Waals surface area contributed by atoms with E-state index in [4.69, 9.17) is 0 Å². The van der Waals surface area contributed by atoms with Crippen LogP contribution in [0.25, 0.3) is 6.08 Å². The number of amides is 1. The van der Waals surface area contributed by atoms with Gasteiger partial charge in [-0.1, -0.05) is 30.3 Å². The van der Waals surface area contributed by atoms with E-state index in [1.54, 1.807) is 37.5 Å². The molecule has 1 rings (SSSR count). The fourth-order valence-electron chi connectivity index (χ4n) is 1.32. The molecule has 1 aromatic rings. The lowest BCUT2D eigenvalue weighted by Crippen LogP contribution is -2.21. The van der Waals surface area contributed by atoms with Crippen molar-refractivity contribution in [2.45, 2.75) is 6.92 Å². The van der Waals surface area contributed by atoms with Crippen LogP contribution in [0.2, 0.25) is 0 Å². The van der Waals surface area contributed by atoms with Crippen molar-refractivity contribution in [3.05, 3.63) is 53.7 Å². The number of carbonyl (C=O) groups is 2. The number of hydrogen-bond donors (Lipinski definition) is 1. The topological polar surface area (TPSA) is 72.5 Å². The number of allylic oxidation sites excluding steroid dienone is 1. The molecule has 0 saturated carbocycles. The summed E-state index contributed by atoms with van der Waals surface area (Å²) in [4.78, 5) is 33.3. The second-order valence-electron chi connectivity index (χ2n) is 3.65. The van der Waals surface area contributed by atoms with E-state index in [1.165, 1.54) is 6.08 Å². The SMILES string of the molecule is CCOC(=O)C=CC(=O)NC([C]=O)=Cc1ccccc1. The van der Waals surface area contributed by atoms with Gasteiger partial charge < -0.3 is 10.1 Å². The normalized spacial score (nSPS) is 11.2. The molecule has 0 fully saturated rings. The Balaban J connectivity index is 2.65. The van der Waals surface area contributed by atoms with Crippen molar-refractivity contribution in [1.29, 1.82) is 0 Å². The van der Waals surface area contributed by atoms with Crippen LogP contribution in [0.3, 0.4) is 0 Å². The molecule has 0 aliphatic rings. The standard InChI is InChI=1S/C15H14NO4/c1-2-20-15(19)9-8-14(18)16-13(11-17)10-12-6-4-3-5-7-12/h3-10H,2H2,1H3,(H,16,18). The summed E-state index contributed by atoms with van der Waals surface area (Å²) in [5, 5.41) is 2.32. The predicted molar refractivity (Wildman–Crippen MR) is 74.0 cm³/mol. The van der Waals surface area contributed by atoms with Crippen molar-refractivity contribution in [3.8, 4) is 0 Å². The second-order valence-corrected chi connectivity index (χ2v) is 3.65. The van der Waals surface area contributed by atoms with Crippen molar-refractivity contribution < 1.29 is 19.1 Å². The molecule has 5 heteroatoms. The minimum atomic E-state index is -0.619. The maximum absolute atomic E-state index is 11.5. The highest BCUT2D eigenvalue weighted by molar-refractivity contribution is 5.98. The van der Waals surface area contributed by atoms with Crippen molar-refractivity contribution >= 4 is 24.2 Å². The summed E-state index contributed by atoms with van der Waals surface area (Å²) in [6.07, 6.45) is 5.08. The molecule has 0 aliphatic carbocycles. The van der Waals surface area contributed by atoms with E-state index in [0.29, 0.717) is 0 Å². The van der Waals surface area contributed by atoms with E-state index < -0.39 is 11.9 Å². The first-order chi connectivity index (χ1) is 9.65. The van der Waals surface area contributed by atoms with Crippen LogP contribution < -0.4 is 5.32 Å². The zero-order chi connectivity index (χ0) is 14.8. The first kappa shape index (κ1) is 15.4. The molecule has 0 atom stereocenters. The maximum Gasteiger partial charge on any atom is 0.330 e. The van der Waals surface area contributed by atoms with E-state index in [-0.39, 0.29) is 12.3 Å². The number of carbonyl (C=O) groups excluding carboxylic acids is 3. The minimum Gasteiger partial charge on any atom is -0.463 e. The van der Waals surface area contributed by atoms with Gasteiger partial charge in [0.1, 0.15) is 0 Å². The zero-order valence-electron chi connectivity index (χ0n) is 11.0. The van der Waals surface area contributed by atoms with Crippen molar-refractivity contribution in [2.24, 2.45) is 0 Å². The number of nitrogens with one attached hydrogen (secondary N) is 1. The van der Waals surface area contributed by atoms with Crippen LogP contribution in [0.5, 0.6) is 0 Å². The molecule has 0 aliphatic heterocycles. The maximum atomic E-state index is 11.5. The van der Waals surface area contributed by atoms with Gasteiger partial charge in [-0.15, -0.1) is 0 Å². The largest absolute Gasteiger partial charge is 0.463 e. The lowest BCUT2D eigenvalue weighted by Gasteiger charge is -2.00. The smallest absolute Gasteiger partial charge is 0.330 e. The van der Waals surface area contributed by atoms with Crippen LogP contribution >= 0.6 is 0 Å². The molecule has 103 valence electrons. The molecule has 20 heavy (non-hydrogen) atoms. The molecule has 1 radical (unpaired) electrons. The van der Waals surface area contributed by atoms with Gasteiger partial charge in [0.25, 0.3) is 6.29 Å². The highest BCUT2D eigenvalue weighted by Gasteiger charge is 2.03. The fourth-order valence-corrected chi connectivity index (χ4v) is 1.32. The lowest BCUT2D eigenvalue weighted by atomic mass is 10.2. The van der Waals surface area contributed by atoms with Gasteiger partial charge in [0, 0.05) is 12.2 Å². The number of rotatable bonds is 6. The Kier molecular flexibility index (Phi) is 6.47. The van der Waals surface area contributed by atoms with Gasteiger partial charge in [-0.25, -0.2) is 4.79 Å². The zero-order valence-corrected chi connectivity index (χ0v) is 11.0. The first-order valence-corrected chi connectivity index (χ1v) is 5.96. The third-order valence-corrected chi connectivity index (χ3v) is 2.14. The lowest BCUT2D eigenvalue weighted by molar-refractivity contribution is -0.137. The molecular weight excluding hydrogens is 258 g/mol. The van der Waals surface area contributed by atoms with Crippen LogP contribution in [-0.4, -0.2) is 24.8 Å². The Labute approximate surface area is 116 Å². The van der Waals surface area contributed by atoms with E-state index in [0.717, 1.165) is 17.7 Å². The van der Waals surface area contributed by atoms with E-state index in [2.05, 4.69) is 10.1 Å². The predicted octanol–water partition coefficient (Wildman–Crippen LogP) is 1.37. The van der Waals surface area contributed by atoms with E-state index in [9.17, 15) is 14.4 Å². The van der Waals surface area contributed by atoms with Gasteiger partial charge in [0.15, 0.2) is 0 Å². The summed E-state index contributed by atoms with van der Waals surface area (Å²) in [6.45, 7) is 1.89. The fraction of sp³-hybridized carbons (Fsp3) is 0.133. The molecule has 1 amide bonds. The molecular formula is C15H14NO4. The van der Waals surface area contributed by atoms with E-state index in [1.807, 2.05) is 6.07 Å². The van der Waals surface area contributed by atoms with Gasteiger partial charge >= 0.3 is 5.97 Å². The Morgan fingerprint density at radius 1 is 1.25 bits per heavy atom. The highest BCUT2D eigenvalue weighted by Crippen LogP contribution is 2.03. The summed E-state index contributed by atoms with van der Waals surface area (Å²) >= 11 is 0. The van der Waals surface area contributed by atoms with Crippen LogP contribution in [0.15, 0.2) is 48.2 Å². The summed E-state index contributed by atoms with van der Waals surface area (Å²) in [7, 11) is 0. The van der Waals surface area contributed by atoms with Crippen LogP contribution in [0.4, 0.5) is 0 Å². The molecule has 0 bridgehead atoms. The average molecular weight is 272 g/mol.